The SMILES string of the molecule is COCOc1cc(OCOC)c2c(c1)O[C@H](c1ccc(OC)cc1)CC2=O. The Balaban J connectivity index is 1.92. The van der Waals surface area contributed by atoms with E-state index in [1.54, 1.807) is 19.2 Å². The quantitative estimate of drug-likeness (QED) is 0.656. The second-order valence-electron chi connectivity index (χ2n) is 5.90. The van der Waals surface area contributed by atoms with Gasteiger partial charge in [-0.1, -0.05) is 12.1 Å². The van der Waals surface area contributed by atoms with E-state index in [0.29, 0.717) is 22.8 Å². The summed E-state index contributed by atoms with van der Waals surface area (Å²) in [6.45, 7) is 0.0771. The van der Waals surface area contributed by atoms with E-state index in [2.05, 4.69) is 0 Å². The van der Waals surface area contributed by atoms with E-state index in [0.717, 1.165) is 11.3 Å². The second kappa shape index (κ2) is 8.75. The number of ether oxygens (including phenoxy) is 6. The lowest BCUT2D eigenvalue weighted by Crippen LogP contribution is -2.21. The van der Waals surface area contributed by atoms with Gasteiger partial charge in [-0.25, -0.2) is 0 Å². The van der Waals surface area contributed by atoms with Crippen LogP contribution in [0.5, 0.6) is 23.0 Å². The number of carbonyl (C=O) groups is 1. The Bertz CT molecular complexity index is 786. The number of fused-ring (bicyclic) bond motifs is 1. The van der Waals surface area contributed by atoms with E-state index < -0.39 is 6.10 Å². The number of ketones is 1. The van der Waals surface area contributed by atoms with Crippen LogP contribution in [-0.4, -0.2) is 40.7 Å². The predicted molar refractivity (Wildman–Crippen MR) is 96.8 cm³/mol. The molecule has 1 atom stereocenters. The molecule has 0 fully saturated rings. The van der Waals surface area contributed by atoms with E-state index in [4.69, 9.17) is 28.4 Å². The zero-order valence-electron chi connectivity index (χ0n) is 15.5. The van der Waals surface area contributed by atoms with Crippen molar-refractivity contribution in [2.75, 3.05) is 34.9 Å². The van der Waals surface area contributed by atoms with Crippen molar-refractivity contribution in [3.63, 3.8) is 0 Å². The molecule has 0 radical (unpaired) electrons. The first-order valence-corrected chi connectivity index (χ1v) is 8.41. The van der Waals surface area contributed by atoms with Crippen LogP contribution in [0, 0.1) is 0 Å². The number of Topliss-reactive ketones (excluding diaryl/α,β-unsaturated/α-hetero) is 1. The van der Waals surface area contributed by atoms with Gasteiger partial charge in [0, 0.05) is 26.4 Å². The van der Waals surface area contributed by atoms with Crippen molar-refractivity contribution in [1.82, 2.24) is 0 Å². The number of hydrogen-bond donors (Lipinski definition) is 0. The second-order valence-corrected chi connectivity index (χ2v) is 5.90. The molecule has 0 saturated carbocycles. The largest absolute Gasteiger partial charge is 0.497 e. The summed E-state index contributed by atoms with van der Waals surface area (Å²) in [5.41, 5.74) is 1.28. The van der Waals surface area contributed by atoms with Crippen molar-refractivity contribution in [3.8, 4) is 23.0 Å². The van der Waals surface area contributed by atoms with Gasteiger partial charge in [0.2, 0.25) is 0 Å². The normalized spacial score (nSPS) is 15.7. The maximum Gasteiger partial charge on any atom is 0.188 e. The minimum Gasteiger partial charge on any atom is -0.497 e. The van der Waals surface area contributed by atoms with Crippen molar-refractivity contribution < 1.29 is 33.2 Å². The molecule has 0 spiro atoms. The van der Waals surface area contributed by atoms with E-state index in [1.165, 1.54) is 14.2 Å². The van der Waals surface area contributed by atoms with Gasteiger partial charge in [0.05, 0.1) is 13.5 Å². The minimum absolute atomic E-state index is 0.00929. The molecule has 0 bridgehead atoms. The third-order valence-electron chi connectivity index (χ3n) is 4.12. The summed E-state index contributed by atoms with van der Waals surface area (Å²) < 4.78 is 32.2. The van der Waals surface area contributed by atoms with E-state index in [9.17, 15) is 4.79 Å². The first-order valence-electron chi connectivity index (χ1n) is 8.41. The highest BCUT2D eigenvalue weighted by atomic mass is 16.7. The molecule has 1 heterocycles. The van der Waals surface area contributed by atoms with Gasteiger partial charge >= 0.3 is 0 Å². The summed E-state index contributed by atoms with van der Waals surface area (Å²) in [6.07, 6.45) is -0.190. The topological polar surface area (TPSA) is 72.5 Å². The molecule has 0 aromatic heterocycles. The van der Waals surface area contributed by atoms with Gasteiger partial charge in [-0.05, 0) is 17.7 Å². The fourth-order valence-corrected chi connectivity index (χ4v) is 2.85. The van der Waals surface area contributed by atoms with Gasteiger partial charge in [0.15, 0.2) is 19.4 Å². The van der Waals surface area contributed by atoms with Crippen LogP contribution in [0.2, 0.25) is 0 Å². The highest BCUT2D eigenvalue weighted by Crippen LogP contribution is 2.42. The molecule has 7 nitrogen and oxygen atoms in total. The van der Waals surface area contributed by atoms with Gasteiger partial charge in [0.25, 0.3) is 0 Å². The van der Waals surface area contributed by atoms with Gasteiger partial charge < -0.3 is 28.4 Å². The maximum absolute atomic E-state index is 12.8. The fraction of sp³-hybridized carbons (Fsp3) is 0.350. The Hall–Kier alpha value is -2.77. The smallest absolute Gasteiger partial charge is 0.188 e. The molecule has 2 aromatic rings. The summed E-state index contributed by atoms with van der Waals surface area (Å²) in [7, 11) is 4.64. The molecular weight excluding hydrogens is 352 g/mol. The third kappa shape index (κ3) is 4.32. The first-order chi connectivity index (χ1) is 13.2. The van der Waals surface area contributed by atoms with E-state index in [-0.39, 0.29) is 25.8 Å². The van der Waals surface area contributed by atoms with Crippen molar-refractivity contribution in [3.05, 3.63) is 47.5 Å². The number of carbonyl (C=O) groups excluding carboxylic acids is 1. The Labute approximate surface area is 157 Å². The van der Waals surface area contributed by atoms with Gasteiger partial charge in [-0.2, -0.15) is 0 Å². The lowest BCUT2D eigenvalue weighted by molar-refractivity contribution is 0.0439. The molecule has 2 aromatic carbocycles. The Morgan fingerprint density at radius 1 is 0.963 bits per heavy atom. The molecule has 0 saturated heterocycles. The van der Waals surface area contributed by atoms with Crippen LogP contribution in [0.15, 0.2) is 36.4 Å². The minimum atomic E-state index is -0.399. The van der Waals surface area contributed by atoms with Crippen LogP contribution in [0.4, 0.5) is 0 Å². The van der Waals surface area contributed by atoms with E-state index in [1.807, 2.05) is 24.3 Å². The van der Waals surface area contributed by atoms with Crippen molar-refractivity contribution in [2.45, 2.75) is 12.5 Å². The molecule has 144 valence electrons. The van der Waals surface area contributed by atoms with Crippen LogP contribution in [0.25, 0.3) is 0 Å². The predicted octanol–water partition coefficient (Wildman–Crippen LogP) is 3.37. The van der Waals surface area contributed by atoms with Crippen LogP contribution in [-0.2, 0) is 9.47 Å². The van der Waals surface area contributed by atoms with Crippen LogP contribution in [0.1, 0.15) is 28.4 Å². The summed E-state index contributed by atoms with van der Waals surface area (Å²) in [5, 5.41) is 0. The summed E-state index contributed by atoms with van der Waals surface area (Å²) in [5.74, 6) is 1.92. The summed E-state index contributed by atoms with van der Waals surface area (Å²) >= 11 is 0. The van der Waals surface area contributed by atoms with Crippen LogP contribution in [0.3, 0.4) is 0 Å². The average Bonchev–Trinajstić information content (AvgIpc) is 2.70. The molecule has 27 heavy (non-hydrogen) atoms. The van der Waals surface area contributed by atoms with Crippen molar-refractivity contribution in [1.29, 1.82) is 0 Å². The van der Waals surface area contributed by atoms with Crippen molar-refractivity contribution >= 4 is 5.78 Å². The highest BCUT2D eigenvalue weighted by molar-refractivity contribution is 6.02. The summed E-state index contributed by atoms with van der Waals surface area (Å²) in [6, 6.07) is 10.7. The Morgan fingerprint density at radius 3 is 2.33 bits per heavy atom. The fourth-order valence-electron chi connectivity index (χ4n) is 2.85. The lowest BCUT2D eigenvalue weighted by Gasteiger charge is -2.27. The molecule has 0 unspecified atom stereocenters. The standard InChI is InChI=1S/C20H22O7/c1-22-11-25-15-8-18(26-12-23-2)20-16(21)10-17(27-19(20)9-15)13-4-6-14(24-3)7-5-13/h4-9,17H,10-12H2,1-3H3/t17-/m0/s1. The Kier molecular flexibility index (Phi) is 6.16. The molecule has 7 heteroatoms. The zero-order chi connectivity index (χ0) is 19.2. The lowest BCUT2D eigenvalue weighted by atomic mass is 9.95. The number of hydrogen-bond acceptors (Lipinski definition) is 7. The third-order valence-corrected chi connectivity index (χ3v) is 4.12. The number of benzene rings is 2. The van der Waals surface area contributed by atoms with E-state index >= 15 is 0 Å². The maximum atomic E-state index is 12.8. The molecule has 3 rings (SSSR count). The number of methoxy groups -OCH3 is 3. The Morgan fingerprint density at radius 2 is 1.67 bits per heavy atom. The molecule has 1 aliphatic rings. The number of rotatable bonds is 8. The molecular formula is C20H22O7. The molecule has 0 aliphatic carbocycles. The van der Waals surface area contributed by atoms with Gasteiger partial charge in [-0.3, -0.25) is 4.79 Å². The average molecular weight is 374 g/mol. The molecule has 1 aliphatic heterocycles. The highest BCUT2D eigenvalue weighted by Gasteiger charge is 2.31. The van der Waals surface area contributed by atoms with Crippen LogP contribution >= 0.6 is 0 Å². The van der Waals surface area contributed by atoms with Crippen LogP contribution < -0.4 is 18.9 Å². The first kappa shape index (κ1) is 19.0. The van der Waals surface area contributed by atoms with Gasteiger partial charge in [-0.15, -0.1) is 0 Å². The van der Waals surface area contributed by atoms with Gasteiger partial charge in [0.1, 0.15) is 34.7 Å². The molecule has 0 N–H and O–H groups in total. The zero-order valence-corrected chi connectivity index (χ0v) is 15.5. The molecule has 0 amide bonds. The monoisotopic (exact) mass is 374 g/mol. The van der Waals surface area contributed by atoms with Crippen molar-refractivity contribution in [2.24, 2.45) is 0 Å². The summed E-state index contributed by atoms with van der Waals surface area (Å²) in [4.78, 5) is 12.8.